The Hall–Kier alpha value is -2.35. The molecule has 1 aliphatic rings. The number of aryl methyl sites for hydroxylation is 1. The summed E-state index contributed by atoms with van der Waals surface area (Å²) in [7, 11) is 2.04. The van der Waals surface area contributed by atoms with Gasteiger partial charge >= 0.3 is 0 Å². The minimum Gasteiger partial charge on any atom is -0.353 e. The highest BCUT2D eigenvalue weighted by molar-refractivity contribution is 5.52. The quantitative estimate of drug-likeness (QED) is 0.870. The second kappa shape index (κ2) is 6.41. The van der Waals surface area contributed by atoms with Crippen molar-refractivity contribution in [1.82, 2.24) is 15.0 Å². The van der Waals surface area contributed by atoms with Crippen LogP contribution < -0.4 is 4.90 Å². The number of nitrogens with zero attached hydrogens (tertiary/aromatic N) is 5. The van der Waals surface area contributed by atoms with Gasteiger partial charge in [-0.3, -0.25) is 0 Å². The van der Waals surface area contributed by atoms with Crippen LogP contribution in [0, 0.1) is 25.2 Å². The van der Waals surface area contributed by atoms with Crippen LogP contribution in [0.15, 0.2) is 18.2 Å². The lowest BCUT2D eigenvalue weighted by molar-refractivity contribution is 0.425. The van der Waals surface area contributed by atoms with E-state index in [1.165, 1.54) is 24.8 Å². The van der Waals surface area contributed by atoms with Gasteiger partial charge in [0.1, 0.15) is 6.07 Å². The third kappa shape index (κ3) is 2.94. The lowest BCUT2D eigenvalue weighted by Gasteiger charge is -2.31. The summed E-state index contributed by atoms with van der Waals surface area (Å²) in [6.07, 6.45) is 6.14. The van der Waals surface area contributed by atoms with Crippen LogP contribution in [0.3, 0.4) is 0 Å². The van der Waals surface area contributed by atoms with Gasteiger partial charge in [-0.2, -0.15) is 5.26 Å². The van der Waals surface area contributed by atoms with Crippen LogP contribution >= 0.6 is 0 Å². The standard InChI is InChI=1S/C18H23N5/c1-13-8-7-11-17(14(13)2)23-20-16(12-19)18(21-23)22(3)15-9-5-4-6-10-15/h7-8,11,15H,4-6,9-10H2,1-3H3. The molecule has 5 nitrogen and oxygen atoms in total. The third-order valence-electron chi connectivity index (χ3n) is 4.95. The predicted octanol–water partition coefficient (Wildman–Crippen LogP) is 3.52. The Labute approximate surface area is 137 Å². The average molecular weight is 309 g/mol. The molecule has 0 bridgehead atoms. The van der Waals surface area contributed by atoms with E-state index in [0.29, 0.717) is 17.6 Å². The van der Waals surface area contributed by atoms with E-state index in [-0.39, 0.29) is 0 Å². The van der Waals surface area contributed by atoms with Gasteiger partial charge in [0, 0.05) is 13.1 Å². The zero-order valence-corrected chi connectivity index (χ0v) is 14.1. The summed E-state index contributed by atoms with van der Waals surface area (Å²) in [6, 6.07) is 8.73. The fraction of sp³-hybridized carbons (Fsp3) is 0.500. The van der Waals surface area contributed by atoms with Crippen LogP contribution in [0.2, 0.25) is 0 Å². The van der Waals surface area contributed by atoms with Gasteiger partial charge in [-0.05, 0) is 43.9 Å². The Balaban J connectivity index is 1.98. The van der Waals surface area contributed by atoms with Crippen molar-refractivity contribution in [3.05, 3.63) is 35.0 Å². The maximum absolute atomic E-state index is 9.46. The Kier molecular flexibility index (Phi) is 4.33. The molecule has 0 aliphatic heterocycles. The fourth-order valence-corrected chi connectivity index (χ4v) is 3.31. The zero-order valence-electron chi connectivity index (χ0n) is 14.1. The molecule has 3 rings (SSSR count). The van der Waals surface area contributed by atoms with Crippen molar-refractivity contribution in [2.24, 2.45) is 0 Å². The Morgan fingerprint density at radius 3 is 2.61 bits per heavy atom. The van der Waals surface area contributed by atoms with Crippen LogP contribution in [0.25, 0.3) is 5.69 Å². The zero-order chi connectivity index (χ0) is 16.4. The highest BCUT2D eigenvalue weighted by Gasteiger charge is 2.24. The molecule has 2 aromatic rings. The molecule has 1 aromatic heterocycles. The SMILES string of the molecule is Cc1cccc(-n2nc(C#N)c(N(C)C3CCCCC3)n2)c1C. The molecule has 0 radical (unpaired) electrons. The maximum Gasteiger partial charge on any atom is 0.207 e. The molecule has 23 heavy (non-hydrogen) atoms. The van der Waals surface area contributed by atoms with Crippen molar-refractivity contribution in [2.45, 2.75) is 52.0 Å². The van der Waals surface area contributed by atoms with E-state index in [1.54, 1.807) is 4.80 Å². The smallest absolute Gasteiger partial charge is 0.207 e. The molecule has 5 heteroatoms. The van der Waals surface area contributed by atoms with Crippen LogP contribution in [0.4, 0.5) is 5.82 Å². The van der Waals surface area contributed by atoms with Gasteiger partial charge < -0.3 is 4.90 Å². The van der Waals surface area contributed by atoms with Gasteiger partial charge in [0.05, 0.1) is 5.69 Å². The topological polar surface area (TPSA) is 57.7 Å². The van der Waals surface area contributed by atoms with Crippen LogP contribution in [-0.4, -0.2) is 28.1 Å². The Morgan fingerprint density at radius 1 is 1.17 bits per heavy atom. The molecule has 0 atom stereocenters. The first-order chi connectivity index (χ1) is 11.1. The highest BCUT2D eigenvalue weighted by atomic mass is 15.5. The molecule has 1 fully saturated rings. The summed E-state index contributed by atoms with van der Waals surface area (Å²) < 4.78 is 0. The molecule has 0 spiro atoms. The monoisotopic (exact) mass is 309 g/mol. The molecule has 1 aromatic carbocycles. The lowest BCUT2D eigenvalue weighted by Crippen LogP contribution is -2.34. The molecule has 1 aliphatic carbocycles. The van der Waals surface area contributed by atoms with Gasteiger partial charge in [0.25, 0.3) is 0 Å². The molecule has 0 amide bonds. The number of hydrogen-bond donors (Lipinski definition) is 0. The van der Waals surface area contributed by atoms with Gasteiger partial charge in [0.15, 0.2) is 5.82 Å². The van der Waals surface area contributed by atoms with Crippen LogP contribution in [0.1, 0.15) is 48.9 Å². The molecule has 0 unspecified atom stereocenters. The van der Waals surface area contributed by atoms with Gasteiger partial charge in [-0.25, -0.2) is 0 Å². The first-order valence-electron chi connectivity index (χ1n) is 8.28. The van der Waals surface area contributed by atoms with Crippen LogP contribution in [-0.2, 0) is 0 Å². The van der Waals surface area contributed by atoms with Gasteiger partial charge in [-0.1, -0.05) is 31.4 Å². The fourth-order valence-electron chi connectivity index (χ4n) is 3.31. The summed E-state index contributed by atoms with van der Waals surface area (Å²) in [5.41, 5.74) is 3.67. The molecular formula is C18H23N5. The normalized spacial score (nSPS) is 15.4. The average Bonchev–Trinajstić information content (AvgIpc) is 3.01. The first kappa shape index (κ1) is 15.5. The number of hydrogen-bond acceptors (Lipinski definition) is 4. The minimum absolute atomic E-state index is 0.402. The highest BCUT2D eigenvalue weighted by Crippen LogP contribution is 2.27. The Bertz CT molecular complexity index is 734. The van der Waals surface area contributed by atoms with Crippen molar-refractivity contribution < 1.29 is 0 Å². The summed E-state index contributed by atoms with van der Waals surface area (Å²) in [4.78, 5) is 3.75. The third-order valence-corrected chi connectivity index (χ3v) is 4.95. The Morgan fingerprint density at radius 2 is 1.91 bits per heavy atom. The van der Waals surface area contributed by atoms with Gasteiger partial charge in [0.2, 0.25) is 5.69 Å². The molecule has 0 saturated heterocycles. The first-order valence-corrected chi connectivity index (χ1v) is 8.28. The number of anilines is 1. The molecule has 1 saturated carbocycles. The lowest BCUT2D eigenvalue weighted by atomic mass is 9.94. The number of nitriles is 1. The van der Waals surface area contributed by atoms with Gasteiger partial charge in [-0.15, -0.1) is 15.0 Å². The van der Waals surface area contributed by atoms with E-state index in [1.807, 2.05) is 19.2 Å². The van der Waals surface area contributed by atoms with Crippen molar-refractivity contribution in [1.29, 1.82) is 5.26 Å². The second-order valence-electron chi connectivity index (χ2n) is 6.40. The van der Waals surface area contributed by atoms with E-state index in [4.69, 9.17) is 0 Å². The van der Waals surface area contributed by atoms with E-state index in [2.05, 4.69) is 41.1 Å². The summed E-state index contributed by atoms with van der Waals surface area (Å²) >= 11 is 0. The van der Waals surface area contributed by atoms with E-state index < -0.39 is 0 Å². The summed E-state index contributed by atoms with van der Waals surface area (Å²) in [5.74, 6) is 0.695. The molecular weight excluding hydrogens is 286 g/mol. The van der Waals surface area contributed by atoms with Crippen LogP contribution in [0.5, 0.6) is 0 Å². The van der Waals surface area contributed by atoms with Crippen molar-refractivity contribution in [3.63, 3.8) is 0 Å². The van der Waals surface area contributed by atoms with Crippen molar-refractivity contribution >= 4 is 5.82 Å². The minimum atomic E-state index is 0.402. The number of rotatable bonds is 3. The van der Waals surface area contributed by atoms with E-state index in [9.17, 15) is 5.26 Å². The maximum atomic E-state index is 9.46. The largest absolute Gasteiger partial charge is 0.353 e. The number of benzene rings is 1. The second-order valence-corrected chi connectivity index (χ2v) is 6.40. The van der Waals surface area contributed by atoms with E-state index in [0.717, 1.165) is 24.1 Å². The summed E-state index contributed by atoms with van der Waals surface area (Å²) in [5, 5.41) is 18.5. The molecule has 1 heterocycles. The number of aromatic nitrogens is 3. The van der Waals surface area contributed by atoms with E-state index >= 15 is 0 Å². The van der Waals surface area contributed by atoms with Crippen molar-refractivity contribution in [3.8, 4) is 11.8 Å². The predicted molar refractivity (Wildman–Crippen MR) is 90.8 cm³/mol. The molecule has 0 N–H and O–H groups in total. The van der Waals surface area contributed by atoms with Crippen molar-refractivity contribution in [2.75, 3.05) is 11.9 Å². The summed E-state index contributed by atoms with van der Waals surface area (Å²) in [6.45, 7) is 4.13. The molecule has 120 valence electrons.